The van der Waals surface area contributed by atoms with Crippen molar-refractivity contribution in [3.05, 3.63) is 76.8 Å². The Morgan fingerprint density at radius 1 is 0.880 bits per heavy atom. The molecule has 0 saturated carbocycles. The molecular weight excluding hydrogens is 382 g/mol. The summed E-state index contributed by atoms with van der Waals surface area (Å²) in [4.78, 5) is 23.7. The van der Waals surface area contributed by atoms with Gasteiger partial charge < -0.3 is 5.32 Å². The lowest BCUT2D eigenvalue weighted by Crippen LogP contribution is -2.32. The average Bonchev–Trinajstić information content (AvgIpc) is 2.63. The maximum absolute atomic E-state index is 11.8. The van der Waals surface area contributed by atoms with Crippen LogP contribution in [-0.4, -0.2) is 18.0 Å². The normalized spacial score (nSPS) is 10.8. The predicted octanol–water partition coefficient (Wildman–Crippen LogP) is 3.69. The molecule has 25 heavy (non-hydrogen) atoms. The van der Waals surface area contributed by atoms with Crippen molar-refractivity contribution in [1.82, 2.24) is 5.43 Å². The Bertz CT molecular complexity index is 947. The molecule has 124 valence electrons. The van der Waals surface area contributed by atoms with Gasteiger partial charge in [0.1, 0.15) is 0 Å². The highest BCUT2D eigenvalue weighted by Gasteiger charge is 2.12. The molecule has 3 aromatic carbocycles. The molecule has 0 spiro atoms. The number of hydrogen-bond acceptors (Lipinski definition) is 3. The van der Waals surface area contributed by atoms with E-state index in [1.807, 2.05) is 42.5 Å². The molecule has 0 atom stereocenters. The fourth-order valence-electron chi connectivity index (χ4n) is 2.30. The van der Waals surface area contributed by atoms with Crippen molar-refractivity contribution in [3.8, 4) is 0 Å². The number of hydrogen-bond donors (Lipinski definition) is 2. The van der Waals surface area contributed by atoms with E-state index < -0.39 is 11.8 Å². The second kappa shape index (κ2) is 7.72. The van der Waals surface area contributed by atoms with E-state index in [1.54, 1.807) is 24.3 Å². The van der Waals surface area contributed by atoms with Crippen molar-refractivity contribution in [2.45, 2.75) is 0 Å². The van der Waals surface area contributed by atoms with Crippen LogP contribution in [0.25, 0.3) is 10.8 Å². The lowest BCUT2D eigenvalue weighted by Gasteiger charge is -2.04. The summed E-state index contributed by atoms with van der Waals surface area (Å²) in [5, 5.41) is 8.47. The minimum atomic E-state index is -0.834. The molecule has 0 aromatic heterocycles. The van der Waals surface area contributed by atoms with Crippen LogP contribution < -0.4 is 10.7 Å². The molecule has 5 nitrogen and oxygen atoms in total. The summed E-state index contributed by atoms with van der Waals surface area (Å²) < 4.78 is 0.884. The fraction of sp³-hybridized carbons (Fsp3) is 0. The summed E-state index contributed by atoms with van der Waals surface area (Å²) in [7, 11) is 0. The second-order valence-electron chi connectivity index (χ2n) is 5.23. The van der Waals surface area contributed by atoms with Gasteiger partial charge in [-0.2, -0.15) is 5.10 Å². The molecule has 6 heteroatoms. The summed E-state index contributed by atoms with van der Waals surface area (Å²) in [6.07, 6.45) is 1.52. The monoisotopic (exact) mass is 395 g/mol. The summed E-state index contributed by atoms with van der Waals surface area (Å²) in [6, 6.07) is 20.6. The number of anilines is 1. The largest absolute Gasteiger partial charge is 0.329 e. The molecule has 0 aliphatic rings. The fourth-order valence-corrected chi connectivity index (χ4v) is 2.56. The molecule has 3 rings (SSSR count). The molecule has 2 N–H and O–H groups in total. The molecule has 0 saturated heterocycles. The Hall–Kier alpha value is -2.99. The Labute approximate surface area is 152 Å². The van der Waals surface area contributed by atoms with Crippen LogP contribution in [0, 0.1) is 0 Å². The highest BCUT2D eigenvalue weighted by atomic mass is 79.9. The SMILES string of the molecule is O=C(N/N=C/c1cccc2ccccc12)C(=O)Nc1ccc(Br)cc1. The van der Waals surface area contributed by atoms with E-state index in [0.29, 0.717) is 5.69 Å². The van der Waals surface area contributed by atoms with Gasteiger partial charge in [-0.15, -0.1) is 0 Å². The van der Waals surface area contributed by atoms with Gasteiger partial charge >= 0.3 is 11.8 Å². The van der Waals surface area contributed by atoms with E-state index >= 15 is 0 Å². The highest BCUT2D eigenvalue weighted by molar-refractivity contribution is 9.10. The number of carbonyl (C=O) groups excluding carboxylic acids is 2. The zero-order valence-electron chi connectivity index (χ0n) is 13.1. The van der Waals surface area contributed by atoms with Crippen molar-refractivity contribution >= 4 is 50.4 Å². The van der Waals surface area contributed by atoms with Crippen LogP contribution in [0.1, 0.15) is 5.56 Å². The third kappa shape index (κ3) is 4.30. The molecule has 3 aromatic rings. The van der Waals surface area contributed by atoms with Gasteiger partial charge in [0.15, 0.2) is 0 Å². The predicted molar refractivity (Wildman–Crippen MR) is 102 cm³/mol. The van der Waals surface area contributed by atoms with E-state index in [9.17, 15) is 9.59 Å². The topological polar surface area (TPSA) is 70.6 Å². The summed E-state index contributed by atoms with van der Waals surface area (Å²) >= 11 is 3.30. The van der Waals surface area contributed by atoms with Crippen LogP contribution in [0.4, 0.5) is 5.69 Å². The Kier molecular flexibility index (Phi) is 5.20. The van der Waals surface area contributed by atoms with E-state index in [4.69, 9.17) is 0 Å². The average molecular weight is 396 g/mol. The first kappa shape index (κ1) is 16.9. The minimum Gasteiger partial charge on any atom is -0.318 e. The number of amides is 2. The Balaban J connectivity index is 1.64. The van der Waals surface area contributed by atoms with E-state index in [1.165, 1.54) is 6.21 Å². The van der Waals surface area contributed by atoms with E-state index in [2.05, 4.69) is 31.8 Å². The summed E-state index contributed by atoms with van der Waals surface area (Å²) in [5.41, 5.74) is 3.62. The molecule has 0 aliphatic heterocycles. The van der Waals surface area contributed by atoms with Crippen LogP contribution in [0.2, 0.25) is 0 Å². The smallest absolute Gasteiger partial charge is 0.318 e. The lowest BCUT2D eigenvalue weighted by atomic mass is 10.1. The Morgan fingerprint density at radius 3 is 2.40 bits per heavy atom. The van der Waals surface area contributed by atoms with Gasteiger partial charge in [-0.3, -0.25) is 9.59 Å². The molecular formula is C19H14BrN3O2. The van der Waals surface area contributed by atoms with Crippen LogP contribution in [-0.2, 0) is 9.59 Å². The van der Waals surface area contributed by atoms with Gasteiger partial charge in [0, 0.05) is 15.7 Å². The van der Waals surface area contributed by atoms with Gasteiger partial charge in [-0.1, -0.05) is 58.4 Å². The maximum Gasteiger partial charge on any atom is 0.329 e. The Morgan fingerprint density at radius 2 is 1.60 bits per heavy atom. The van der Waals surface area contributed by atoms with Gasteiger partial charge in [-0.25, -0.2) is 5.43 Å². The van der Waals surface area contributed by atoms with Crippen molar-refractivity contribution in [2.75, 3.05) is 5.32 Å². The number of rotatable bonds is 3. The third-order valence-corrected chi connectivity index (χ3v) is 4.03. The summed E-state index contributed by atoms with van der Waals surface area (Å²) in [6.45, 7) is 0. The maximum atomic E-state index is 11.8. The number of nitrogens with one attached hydrogen (secondary N) is 2. The van der Waals surface area contributed by atoms with E-state index in [0.717, 1.165) is 20.8 Å². The number of benzene rings is 3. The van der Waals surface area contributed by atoms with Crippen molar-refractivity contribution < 1.29 is 9.59 Å². The first-order valence-electron chi connectivity index (χ1n) is 7.51. The van der Waals surface area contributed by atoms with E-state index in [-0.39, 0.29) is 0 Å². The standard InChI is InChI=1S/C19H14BrN3O2/c20-15-8-10-16(11-9-15)22-18(24)19(25)23-21-12-14-6-3-5-13-4-1-2-7-17(13)14/h1-12H,(H,22,24)(H,23,25)/b21-12+. The first-order chi connectivity index (χ1) is 12.1. The van der Waals surface area contributed by atoms with Crippen LogP contribution >= 0.6 is 15.9 Å². The van der Waals surface area contributed by atoms with Gasteiger partial charge in [-0.05, 0) is 35.0 Å². The first-order valence-corrected chi connectivity index (χ1v) is 8.30. The molecule has 2 amide bonds. The number of nitrogens with zero attached hydrogens (tertiary/aromatic N) is 1. The van der Waals surface area contributed by atoms with Crippen molar-refractivity contribution in [3.63, 3.8) is 0 Å². The van der Waals surface area contributed by atoms with Crippen molar-refractivity contribution in [1.29, 1.82) is 0 Å². The molecule has 0 fully saturated rings. The van der Waals surface area contributed by atoms with Gasteiger partial charge in [0.2, 0.25) is 0 Å². The highest BCUT2D eigenvalue weighted by Crippen LogP contribution is 2.16. The zero-order chi connectivity index (χ0) is 17.6. The van der Waals surface area contributed by atoms with Crippen LogP contribution in [0.5, 0.6) is 0 Å². The number of hydrazone groups is 1. The molecule has 0 heterocycles. The third-order valence-electron chi connectivity index (χ3n) is 3.50. The van der Waals surface area contributed by atoms with Gasteiger partial charge in [0.25, 0.3) is 0 Å². The molecule has 0 bridgehead atoms. The lowest BCUT2D eigenvalue weighted by molar-refractivity contribution is -0.136. The minimum absolute atomic E-state index is 0.529. The number of fused-ring (bicyclic) bond motifs is 1. The van der Waals surface area contributed by atoms with Crippen LogP contribution in [0.15, 0.2) is 76.3 Å². The molecule has 0 radical (unpaired) electrons. The molecule has 0 aliphatic carbocycles. The number of halogens is 1. The quantitative estimate of drug-likeness (QED) is 0.403. The molecule has 0 unspecified atom stereocenters. The summed E-state index contributed by atoms with van der Waals surface area (Å²) in [5.74, 6) is -1.61. The van der Waals surface area contributed by atoms with Crippen LogP contribution in [0.3, 0.4) is 0 Å². The van der Waals surface area contributed by atoms with Gasteiger partial charge in [0.05, 0.1) is 6.21 Å². The number of carbonyl (C=O) groups is 2. The second-order valence-corrected chi connectivity index (χ2v) is 6.14. The zero-order valence-corrected chi connectivity index (χ0v) is 14.7. The van der Waals surface area contributed by atoms with Crippen molar-refractivity contribution in [2.24, 2.45) is 5.10 Å².